The molecular formula is C74H114O6. The van der Waals surface area contributed by atoms with Crippen LogP contribution in [0, 0.1) is 0 Å². The zero-order valence-corrected chi connectivity index (χ0v) is 51.0. The van der Waals surface area contributed by atoms with Gasteiger partial charge >= 0.3 is 17.9 Å². The molecule has 0 radical (unpaired) electrons. The molecule has 0 aromatic carbocycles. The van der Waals surface area contributed by atoms with Crippen LogP contribution in [0.5, 0.6) is 0 Å². The maximum atomic E-state index is 12.8. The van der Waals surface area contributed by atoms with E-state index >= 15 is 0 Å². The molecule has 6 heteroatoms. The number of ether oxygens (including phenoxy) is 3. The summed E-state index contributed by atoms with van der Waals surface area (Å²) in [6, 6.07) is 0. The second-order valence-corrected chi connectivity index (χ2v) is 20.2. The fraction of sp³-hybridized carbons (Fsp3) is 0.554. The van der Waals surface area contributed by atoms with Gasteiger partial charge in [0, 0.05) is 19.3 Å². The van der Waals surface area contributed by atoms with Crippen molar-refractivity contribution >= 4 is 17.9 Å². The highest BCUT2D eigenvalue weighted by molar-refractivity contribution is 5.71. The van der Waals surface area contributed by atoms with Crippen molar-refractivity contribution in [1.82, 2.24) is 0 Å². The number of rotatable bonds is 55. The molecule has 0 saturated heterocycles. The molecule has 0 aliphatic heterocycles. The Morgan fingerprint density at radius 3 is 0.787 bits per heavy atom. The SMILES string of the molecule is CC/C=C\C/C=C\C/C=C\C/C=C\C/C=C\C/C=C\C/C=C\C/C=C\C/C=C\CCCCCCCCCC(=O)OCC(COC(=O)CCCCCCCC)OC(=O)CCCC/C=C\C/C=C\C/C=C\C/C=C\C/C=C\C/C=C\CC. The first kappa shape index (κ1) is 74.5. The first-order valence-electron chi connectivity index (χ1n) is 31.8. The van der Waals surface area contributed by atoms with E-state index in [9.17, 15) is 14.4 Å². The summed E-state index contributed by atoms with van der Waals surface area (Å²) < 4.78 is 16.7. The third kappa shape index (κ3) is 63.3. The molecule has 0 fully saturated rings. The van der Waals surface area contributed by atoms with E-state index in [1.54, 1.807) is 0 Å². The normalized spacial score (nSPS) is 13.4. The minimum atomic E-state index is -0.812. The summed E-state index contributed by atoms with van der Waals surface area (Å²) >= 11 is 0. The largest absolute Gasteiger partial charge is 0.462 e. The van der Waals surface area contributed by atoms with Gasteiger partial charge in [-0.1, -0.05) is 267 Å². The molecule has 0 aromatic heterocycles. The van der Waals surface area contributed by atoms with Crippen LogP contribution in [0.4, 0.5) is 0 Å². The topological polar surface area (TPSA) is 78.9 Å². The highest BCUT2D eigenvalue weighted by Gasteiger charge is 2.19. The molecule has 1 atom stereocenters. The third-order valence-corrected chi connectivity index (χ3v) is 12.7. The molecule has 0 heterocycles. The lowest BCUT2D eigenvalue weighted by Gasteiger charge is -2.18. The summed E-state index contributed by atoms with van der Waals surface area (Å²) in [4.78, 5) is 38.0. The predicted octanol–water partition coefficient (Wildman–Crippen LogP) is 22.0. The van der Waals surface area contributed by atoms with Crippen LogP contribution in [0.15, 0.2) is 182 Å². The van der Waals surface area contributed by atoms with Crippen molar-refractivity contribution in [2.45, 2.75) is 252 Å². The summed E-state index contributed by atoms with van der Waals surface area (Å²) in [7, 11) is 0. The zero-order valence-electron chi connectivity index (χ0n) is 51.0. The van der Waals surface area contributed by atoms with Crippen LogP contribution in [-0.2, 0) is 28.6 Å². The van der Waals surface area contributed by atoms with E-state index in [-0.39, 0.29) is 37.5 Å². The van der Waals surface area contributed by atoms with E-state index in [1.165, 1.54) is 44.9 Å². The van der Waals surface area contributed by atoms with Gasteiger partial charge < -0.3 is 14.2 Å². The number of allylic oxidation sites excluding steroid dienone is 30. The summed E-state index contributed by atoms with van der Waals surface area (Å²) in [5.41, 5.74) is 0. The maximum Gasteiger partial charge on any atom is 0.306 e. The average molecular weight is 1100 g/mol. The Bertz CT molecular complexity index is 1890. The lowest BCUT2D eigenvalue weighted by Crippen LogP contribution is -2.30. The van der Waals surface area contributed by atoms with Gasteiger partial charge in [-0.15, -0.1) is 0 Å². The summed E-state index contributed by atoms with van der Waals surface area (Å²) in [6.07, 6.45) is 99.3. The molecule has 0 saturated carbocycles. The van der Waals surface area contributed by atoms with E-state index in [1.807, 2.05) is 0 Å². The Morgan fingerprint density at radius 1 is 0.263 bits per heavy atom. The third-order valence-electron chi connectivity index (χ3n) is 12.7. The van der Waals surface area contributed by atoms with Crippen molar-refractivity contribution in [2.24, 2.45) is 0 Å². The second kappa shape index (κ2) is 66.0. The average Bonchev–Trinajstić information content (AvgIpc) is 3.46. The Morgan fingerprint density at radius 2 is 0.487 bits per heavy atom. The highest BCUT2D eigenvalue weighted by atomic mass is 16.6. The van der Waals surface area contributed by atoms with Crippen LogP contribution >= 0.6 is 0 Å². The van der Waals surface area contributed by atoms with Gasteiger partial charge in [-0.25, -0.2) is 0 Å². The minimum Gasteiger partial charge on any atom is -0.462 e. The number of unbranched alkanes of at least 4 members (excludes halogenated alkanes) is 14. The van der Waals surface area contributed by atoms with E-state index in [0.717, 1.165) is 154 Å². The number of hydrogen-bond donors (Lipinski definition) is 0. The van der Waals surface area contributed by atoms with E-state index in [4.69, 9.17) is 14.2 Å². The number of carbonyl (C=O) groups excluding carboxylic acids is 3. The molecule has 0 bridgehead atoms. The fourth-order valence-corrected chi connectivity index (χ4v) is 7.97. The molecular weight excluding hydrogens is 985 g/mol. The van der Waals surface area contributed by atoms with Crippen molar-refractivity contribution in [3.63, 3.8) is 0 Å². The van der Waals surface area contributed by atoms with Crippen LogP contribution < -0.4 is 0 Å². The standard InChI is InChI=1S/C74H114O6/c1-4-7-10-13-16-18-20-22-24-26-28-30-31-32-33-34-35-36-37-38-39-40-41-42-43-45-46-48-50-52-54-56-58-61-64-67-73(76)79-70-71(69-78-72(75)66-63-60-15-12-9-6-3)80-74(77)68-65-62-59-57-55-53-51-49-47-44-29-27-25-23-21-19-17-14-11-8-5-2/h7-8,10-11,16-19,22-25,28-30,32-33,35-36,38-39,41-42,44-46,49,51,55,57,71H,4-6,9,12-15,20-21,26-27,31,34,37,40,43,47-48,50,52-54,56,58-70H2,1-3H3/b10-7-,11-8-,18-16-,19-17-,24-22-,25-23-,30-28-,33-32-,36-35-,39-38-,42-41-,44-29-,46-45-,51-49-,57-55-. The Balaban J connectivity index is 4.21. The highest BCUT2D eigenvalue weighted by Crippen LogP contribution is 2.13. The summed E-state index contributed by atoms with van der Waals surface area (Å²) in [5, 5.41) is 0. The zero-order chi connectivity index (χ0) is 57.8. The minimum absolute atomic E-state index is 0.107. The van der Waals surface area contributed by atoms with Crippen molar-refractivity contribution in [1.29, 1.82) is 0 Å². The molecule has 0 aliphatic carbocycles. The monoisotopic (exact) mass is 1100 g/mol. The first-order chi connectivity index (χ1) is 39.5. The van der Waals surface area contributed by atoms with Crippen LogP contribution in [0.2, 0.25) is 0 Å². The quantitative estimate of drug-likeness (QED) is 0.0261. The van der Waals surface area contributed by atoms with Gasteiger partial charge in [-0.3, -0.25) is 14.4 Å². The lowest BCUT2D eigenvalue weighted by atomic mass is 10.1. The van der Waals surface area contributed by atoms with Gasteiger partial charge in [-0.05, 0) is 141 Å². The molecule has 446 valence electrons. The lowest BCUT2D eigenvalue weighted by molar-refractivity contribution is -0.167. The fourth-order valence-electron chi connectivity index (χ4n) is 7.97. The molecule has 0 spiro atoms. The van der Waals surface area contributed by atoms with Gasteiger partial charge in [-0.2, -0.15) is 0 Å². The summed E-state index contributed by atoms with van der Waals surface area (Å²) in [6.45, 7) is 6.29. The molecule has 0 aromatic rings. The van der Waals surface area contributed by atoms with Crippen LogP contribution in [-0.4, -0.2) is 37.2 Å². The van der Waals surface area contributed by atoms with Crippen molar-refractivity contribution in [3.8, 4) is 0 Å². The number of hydrogen-bond acceptors (Lipinski definition) is 6. The van der Waals surface area contributed by atoms with E-state index in [2.05, 4.69) is 203 Å². The smallest absolute Gasteiger partial charge is 0.306 e. The molecule has 0 rings (SSSR count). The number of esters is 3. The van der Waals surface area contributed by atoms with E-state index in [0.29, 0.717) is 19.3 Å². The van der Waals surface area contributed by atoms with Gasteiger partial charge in [0.05, 0.1) is 0 Å². The molecule has 0 amide bonds. The van der Waals surface area contributed by atoms with E-state index < -0.39 is 6.10 Å². The van der Waals surface area contributed by atoms with Crippen molar-refractivity contribution < 1.29 is 28.6 Å². The predicted molar refractivity (Wildman–Crippen MR) is 348 cm³/mol. The van der Waals surface area contributed by atoms with Crippen molar-refractivity contribution in [3.05, 3.63) is 182 Å². The second-order valence-electron chi connectivity index (χ2n) is 20.2. The molecule has 0 N–H and O–H groups in total. The van der Waals surface area contributed by atoms with Gasteiger partial charge in [0.25, 0.3) is 0 Å². The Hall–Kier alpha value is -5.49. The van der Waals surface area contributed by atoms with Gasteiger partial charge in [0.2, 0.25) is 0 Å². The van der Waals surface area contributed by atoms with Crippen LogP contribution in [0.3, 0.4) is 0 Å². The first-order valence-corrected chi connectivity index (χ1v) is 31.8. The molecule has 1 unspecified atom stereocenters. The van der Waals surface area contributed by atoms with Gasteiger partial charge in [0.1, 0.15) is 13.2 Å². The molecule has 0 aliphatic rings. The number of carbonyl (C=O) groups is 3. The molecule has 80 heavy (non-hydrogen) atoms. The van der Waals surface area contributed by atoms with Crippen LogP contribution in [0.25, 0.3) is 0 Å². The Kier molecular flexibility index (Phi) is 61.5. The Labute approximate surface area is 491 Å². The van der Waals surface area contributed by atoms with Crippen LogP contribution in [0.1, 0.15) is 245 Å². The van der Waals surface area contributed by atoms with Crippen molar-refractivity contribution in [2.75, 3.05) is 13.2 Å². The maximum absolute atomic E-state index is 12.8. The molecule has 6 nitrogen and oxygen atoms in total. The summed E-state index contributed by atoms with van der Waals surface area (Å²) in [5.74, 6) is -0.982. The van der Waals surface area contributed by atoms with Gasteiger partial charge in [0.15, 0.2) is 6.10 Å².